The first-order valence-electron chi connectivity index (χ1n) is 13.0. The molecule has 0 amide bonds. The molecule has 0 bridgehead atoms. The zero-order chi connectivity index (χ0) is 21.8. The van der Waals surface area contributed by atoms with Gasteiger partial charge in [-0.3, -0.25) is 4.79 Å². The van der Waals surface area contributed by atoms with Gasteiger partial charge in [0.2, 0.25) is 0 Å². The van der Waals surface area contributed by atoms with Crippen LogP contribution in [-0.2, 0) is 4.79 Å². The van der Waals surface area contributed by atoms with Crippen LogP contribution in [0.3, 0.4) is 0 Å². The predicted octanol–water partition coefficient (Wildman–Crippen LogP) is 5.62. The number of ketones is 1. The highest BCUT2D eigenvalue weighted by atomic mass is 16.3. The third kappa shape index (κ3) is 3.60. The summed E-state index contributed by atoms with van der Waals surface area (Å²) in [4.78, 5) is 12.1. The summed E-state index contributed by atoms with van der Waals surface area (Å²) < 4.78 is 0. The zero-order valence-corrected chi connectivity index (χ0v) is 20.1. The van der Waals surface area contributed by atoms with E-state index in [1.165, 1.54) is 25.7 Å². The molecular formula is C27H46O3. The zero-order valence-electron chi connectivity index (χ0n) is 20.1. The summed E-state index contributed by atoms with van der Waals surface area (Å²) in [5, 5.41) is 21.6. The van der Waals surface area contributed by atoms with Crippen LogP contribution in [0.5, 0.6) is 0 Å². The van der Waals surface area contributed by atoms with Gasteiger partial charge in [-0.1, -0.05) is 34.6 Å². The minimum absolute atomic E-state index is 0.181. The smallest absolute Gasteiger partial charge is 0.133 e. The molecule has 0 aromatic heterocycles. The van der Waals surface area contributed by atoms with Gasteiger partial charge in [-0.2, -0.15) is 0 Å². The monoisotopic (exact) mass is 418 g/mol. The van der Waals surface area contributed by atoms with Crippen molar-refractivity contribution in [3.05, 3.63) is 0 Å². The summed E-state index contributed by atoms with van der Waals surface area (Å²) in [6.07, 6.45) is 10.0. The SMILES string of the molecule is CC(C)[C@H](O)CC[C@@H](C)[C@H]1CC[C@H]2[C@@H]3[C@H](O)C[C@H]4CC(=O)CC[C@]4(C)[C@H]3CC[C@]12C. The van der Waals surface area contributed by atoms with Crippen LogP contribution in [-0.4, -0.2) is 28.2 Å². The lowest BCUT2D eigenvalue weighted by atomic mass is 9.44. The highest BCUT2D eigenvalue weighted by Gasteiger charge is 2.62. The van der Waals surface area contributed by atoms with E-state index in [-0.39, 0.29) is 17.6 Å². The number of hydrogen-bond donors (Lipinski definition) is 2. The lowest BCUT2D eigenvalue weighted by molar-refractivity contribution is -0.169. The summed E-state index contributed by atoms with van der Waals surface area (Å²) in [7, 11) is 0. The number of carbonyl (C=O) groups excluding carboxylic acids is 1. The summed E-state index contributed by atoms with van der Waals surface area (Å²) in [5.74, 6) is 4.16. The second-order valence-electron chi connectivity index (χ2n) is 12.6. The van der Waals surface area contributed by atoms with Crippen molar-refractivity contribution < 1.29 is 15.0 Å². The van der Waals surface area contributed by atoms with E-state index in [9.17, 15) is 15.0 Å². The number of Topliss-reactive ketones (excluding diaryl/α,β-unsaturated/α-hetero) is 1. The number of aliphatic hydroxyl groups excluding tert-OH is 2. The van der Waals surface area contributed by atoms with E-state index in [0.717, 1.165) is 32.1 Å². The molecule has 3 heteroatoms. The van der Waals surface area contributed by atoms with Gasteiger partial charge >= 0.3 is 0 Å². The van der Waals surface area contributed by atoms with Gasteiger partial charge in [0, 0.05) is 12.8 Å². The van der Waals surface area contributed by atoms with Gasteiger partial charge in [-0.15, -0.1) is 0 Å². The van der Waals surface area contributed by atoms with Crippen molar-refractivity contribution in [2.75, 3.05) is 0 Å². The molecule has 0 unspecified atom stereocenters. The van der Waals surface area contributed by atoms with Crippen LogP contribution < -0.4 is 0 Å². The Morgan fingerprint density at radius 1 is 1.00 bits per heavy atom. The van der Waals surface area contributed by atoms with Crippen molar-refractivity contribution >= 4 is 5.78 Å². The molecule has 3 nitrogen and oxygen atoms in total. The molecule has 10 atom stereocenters. The summed E-state index contributed by atoms with van der Waals surface area (Å²) in [6.45, 7) is 11.6. The van der Waals surface area contributed by atoms with Crippen LogP contribution in [0.15, 0.2) is 0 Å². The summed E-state index contributed by atoms with van der Waals surface area (Å²) in [5.41, 5.74) is 0.586. The Hall–Kier alpha value is -0.410. The highest BCUT2D eigenvalue weighted by molar-refractivity contribution is 5.79. The Balaban J connectivity index is 1.51. The fraction of sp³-hybridized carbons (Fsp3) is 0.963. The molecule has 0 spiro atoms. The van der Waals surface area contributed by atoms with Crippen LogP contribution in [0.25, 0.3) is 0 Å². The number of hydrogen-bond acceptors (Lipinski definition) is 3. The molecule has 4 aliphatic carbocycles. The largest absolute Gasteiger partial charge is 0.393 e. The minimum Gasteiger partial charge on any atom is -0.393 e. The molecule has 2 N–H and O–H groups in total. The molecule has 172 valence electrons. The number of fused-ring (bicyclic) bond motifs is 5. The second kappa shape index (κ2) is 8.18. The molecule has 30 heavy (non-hydrogen) atoms. The molecule has 4 saturated carbocycles. The van der Waals surface area contributed by atoms with Gasteiger partial charge in [0.1, 0.15) is 5.78 Å². The van der Waals surface area contributed by atoms with E-state index in [2.05, 4.69) is 34.6 Å². The van der Waals surface area contributed by atoms with Crippen LogP contribution in [0, 0.1) is 52.3 Å². The molecule has 0 radical (unpaired) electrons. The molecule has 0 saturated heterocycles. The number of rotatable bonds is 5. The number of aliphatic hydroxyl groups is 2. The van der Waals surface area contributed by atoms with E-state index in [1.54, 1.807) is 0 Å². The molecule has 4 rings (SSSR count). The van der Waals surface area contributed by atoms with E-state index in [4.69, 9.17) is 0 Å². The molecule has 0 aromatic carbocycles. The van der Waals surface area contributed by atoms with Crippen molar-refractivity contribution in [1.82, 2.24) is 0 Å². The first-order chi connectivity index (χ1) is 14.1. The average molecular weight is 419 g/mol. The van der Waals surface area contributed by atoms with Gasteiger partial charge in [-0.25, -0.2) is 0 Å². The van der Waals surface area contributed by atoms with E-state index >= 15 is 0 Å². The second-order valence-corrected chi connectivity index (χ2v) is 12.6. The summed E-state index contributed by atoms with van der Waals surface area (Å²) >= 11 is 0. The van der Waals surface area contributed by atoms with Crippen LogP contribution in [0.1, 0.15) is 98.8 Å². The van der Waals surface area contributed by atoms with Crippen molar-refractivity contribution in [3.63, 3.8) is 0 Å². The van der Waals surface area contributed by atoms with Gasteiger partial charge in [0.05, 0.1) is 12.2 Å². The molecular weight excluding hydrogens is 372 g/mol. The summed E-state index contributed by atoms with van der Waals surface area (Å²) in [6, 6.07) is 0. The Kier molecular flexibility index (Phi) is 6.21. The maximum Gasteiger partial charge on any atom is 0.133 e. The van der Waals surface area contributed by atoms with Crippen LogP contribution in [0.4, 0.5) is 0 Å². The molecule has 0 aromatic rings. The fourth-order valence-corrected chi connectivity index (χ4v) is 8.96. The van der Waals surface area contributed by atoms with E-state index in [0.29, 0.717) is 59.0 Å². The minimum atomic E-state index is -0.222. The topological polar surface area (TPSA) is 57.5 Å². The Morgan fingerprint density at radius 3 is 2.40 bits per heavy atom. The van der Waals surface area contributed by atoms with Crippen LogP contribution >= 0.6 is 0 Å². The van der Waals surface area contributed by atoms with Gasteiger partial charge in [-0.05, 0) is 104 Å². The molecule has 4 fully saturated rings. The van der Waals surface area contributed by atoms with Crippen LogP contribution in [0.2, 0.25) is 0 Å². The third-order valence-electron chi connectivity index (χ3n) is 10.9. The Morgan fingerprint density at radius 2 is 1.70 bits per heavy atom. The normalized spacial score (nSPS) is 48.1. The maximum atomic E-state index is 12.1. The van der Waals surface area contributed by atoms with Crippen molar-refractivity contribution in [3.8, 4) is 0 Å². The molecule has 0 heterocycles. The Bertz CT molecular complexity index is 644. The highest BCUT2D eigenvalue weighted by Crippen LogP contribution is 2.68. The molecule has 4 aliphatic rings. The average Bonchev–Trinajstić information content (AvgIpc) is 3.04. The first kappa shape index (κ1) is 22.8. The lowest BCUT2D eigenvalue weighted by Crippen LogP contribution is -2.58. The molecule has 0 aliphatic heterocycles. The van der Waals surface area contributed by atoms with Gasteiger partial charge in [0.15, 0.2) is 0 Å². The van der Waals surface area contributed by atoms with Crippen molar-refractivity contribution in [2.24, 2.45) is 52.3 Å². The van der Waals surface area contributed by atoms with E-state index in [1.807, 2.05) is 0 Å². The van der Waals surface area contributed by atoms with E-state index < -0.39 is 0 Å². The van der Waals surface area contributed by atoms with Crippen molar-refractivity contribution in [1.29, 1.82) is 0 Å². The standard InChI is InChI=1S/C27H46O3/c1-16(2)23(29)9-6-17(3)20-7-8-21-25-22(11-13-27(20,21)5)26(4)12-10-19(28)14-18(26)15-24(25)30/h16-18,20-25,29-30H,6-15H2,1-5H3/t17-,18-,20-,21+,22+,23-,24-,25+,26+,27-/m1/s1. The van der Waals surface area contributed by atoms with Gasteiger partial charge < -0.3 is 10.2 Å². The lowest BCUT2D eigenvalue weighted by Gasteiger charge is -2.62. The first-order valence-corrected chi connectivity index (χ1v) is 13.0. The Labute approximate surface area is 184 Å². The third-order valence-corrected chi connectivity index (χ3v) is 10.9. The van der Waals surface area contributed by atoms with Gasteiger partial charge in [0.25, 0.3) is 0 Å². The van der Waals surface area contributed by atoms with Crippen molar-refractivity contribution in [2.45, 2.75) is 111 Å². The predicted molar refractivity (Wildman–Crippen MR) is 121 cm³/mol. The number of carbonyl (C=O) groups is 1. The fourth-order valence-electron chi connectivity index (χ4n) is 8.96. The quantitative estimate of drug-likeness (QED) is 0.609. The maximum absolute atomic E-state index is 12.1.